The number of nitrogens with two attached hydrogens (primary N) is 1. The first-order chi connectivity index (χ1) is 14.1. The van der Waals surface area contributed by atoms with Crippen molar-refractivity contribution in [2.45, 2.75) is 45.2 Å². The third kappa shape index (κ3) is 3.72. The molecule has 2 heterocycles. The number of benzene rings is 1. The number of amides is 2. The summed E-state index contributed by atoms with van der Waals surface area (Å²) in [6.45, 7) is 2.64. The zero-order chi connectivity index (χ0) is 20.4. The maximum Gasteiger partial charge on any atom is 0.252 e. The minimum absolute atomic E-state index is 0.219. The predicted molar refractivity (Wildman–Crippen MR) is 111 cm³/mol. The molecule has 0 radical (unpaired) electrons. The molecule has 1 saturated carbocycles. The number of primary amides is 1. The second-order valence-electron chi connectivity index (χ2n) is 7.49. The molecule has 0 spiro atoms. The fourth-order valence-electron chi connectivity index (χ4n) is 4.11. The van der Waals surface area contributed by atoms with Crippen molar-refractivity contribution in [1.29, 1.82) is 0 Å². The van der Waals surface area contributed by atoms with Crippen molar-refractivity contribution in [3.63, 3.8) is 0 Å². The van der Waals surface area contributed by atoms with Gasteiger partial charge in [-0.1, -0.05) is 43.2 Å². The van der Waals surface area contributed by atoms with E-state index in [-0.39, 0.29) is 23.8 Å². The lowest BCUT2D eigenvalue weighted by Crippen LogP contribution is -2.47. The van der Waals surface area contributed by atoms with Gasteiger partial charge in [0.15, 0.2) is 5.65 Å². The van der Waals surface area contributed by atoms with Gasteiger partial charge in [-0.2, -0.15) is 5.10 Å². The number of fused-ring (bicyclic) bond motifs is 1. The second kappa shape index (κ2) is 8.03. The summed E-state index contributed by atoms with van der Waals surface area (Å²) in [5.74, 6) is -0.890. The van der Waals surface area contributed by atoms with Crippen molar-refractivity contribution in [2.75, 3.05) is 0 Å². The third-order valence-electron chi connectivity index (χ3n) is 5.67. The number of nitrogens with zero attached hydrogens (tertiary/aromatic N) is 3. The monoisotopic (exact) mass is 391 g/mol. The lowest BCUT2D eigenvalue weighted by molar-refractivity contribution is -0.123. The Labute approximate surface area is 169 Å². The number of aryl methyl sites for hydroxylation is 1. The first kappa shape index (κ1) is 19.1. The minimum Gasteiger partial charge on any atom is -0.369 e. The summed E-state index contributed by atoms with van der Waals surface area (Å²) < 4.78 is 1.78. The van der Waals surface area contributed by atoms with Crippen LogP contribution in [0.5, 0.6) is 0 Å². The lowest BCUT2D eigenvalue weighted by atomic mass is 9.84. The van der Waals surface area contributed by atoms with Crippen LogP contribution in [0.2, 0.25) is 0 Å². The molecule has 2 unspecified atom stereocenters. The topological polar surface area (TPSA) is 103 Å². The van der Waals surface area contributed by atoms with Crippen LogP contribution in [0.4, 0.5) is 0 Å². The molecule has 150 valence electrons. The highest BCUT2D eigenvalue weighted by molar-refractivity contribution is 6.06. The highest BCUT2D eigenvalue weighted by Crippen LogP contribution is 2.27. The van der Waals surface area contributed by atoms with Gasteiger partial charge in [-0.3, -0.25) is 9.59 Å². The second-order valence-corrected chi connectivity index (χ2v) is 7.49. The highest BCUT2D eigenvalue weighted by Gasteiger charge is 2.31. The number of carbonyl (C=O) groups is 2. The van der Waals surface area contributed by atoms with Crippen molar-refractivity contribution in [2.24, 2.45) is 11.7 Å². The molecule has 2 aromatic heterocycles. The largest absolute Gasteiger partial charge is 0.369 e. The van der Waals surface area contributed by atoms with Crippen LogP contribution < -0.4 is 11.1 Å². The van der Waals surface area contributed by atoms with Crippen molar-refractivity contribution in [3.8, 4) is 11.3 Å². The number of hydrogen-bond acceptors (Lipinski definition) is 4. The van der Waals surface area contributed by atoms with E-state index in [0.717, 1.165) is 31.2 Å². The zero-order valence-corrected chi connectivity index (χ0v) is 16.5. The highest BCUT2D eigenvalue weighted by atomic mass is 16.2. The summed E-state index contributed by atoms with van der Waals surface area (Å²) >= 11 is 0. The lowest BCUT2D eigenvalue weighted by Gasteiger charge is -2.30. The Hall–Kier alpha value is -3.22. The Morgan fingerprint density at radius 3 is 2.69 bits per heavy atom. The molecule has 0 bridgehead atoms. The summed E-state index contributed by atoms with van der Waals surface area (Å²) in [7, 11) is 0. The number of nitrogens with one attached hydrogen (secondary N) is 1. The molecule has 3 N–H and O–H groups in total. The van der Waals surface area contributed by atoms with Crippen molar-refractivity contribution in [3.05, 3.63) is 48.2 Å². The normalized spacial score (nSPS) is 19.2. The first-order valence-corrected chi connectivity index (χ1v) is 10.1. The van der Waals surface area contributed by atoms with E-state index in [4.69, 9.17) is 10.7 Å². The Balaban J connectivity index is 1.74. The number of aromatic nitrogens is 3. The number of pyridine rings is 1. The summed E-state index contributed by atoms with van der Waals surface area (Å²) in [5.41, 5.74) is 8.41. The fraction of sp³-hybridized carbons (Fsp3) is 0.364. The van der Waals surface area contributed by atoms with Crippen LogP contribution in [-0.4, -0.2) is 32.6 Å². The smallest absolute Gasteiger partial charge is 0.252 e. The van der Waals surface area contributed by atoms with Gasteiger partial charge in [-0.25, -0.2) is 9.67 Å². The van der Waals surface area contributed by atoms with Crippen LogP contribution in [0, 0.1) is 5.92 Å². The quantitative estimate of drug-likeness (QED) is 0.698. The van der Waals surface area contributed by atoms with E-state index >= 15 is 0 Å². The molecule has 1 fully saturated rings. The molecule has 1 aliphatic carbocycles. The molecule has 1 aliphatic rings. The molecule has 7 nitrogen and oxygen atoms in total. The molecular weight excluding hydrogens is 366 g/mol. The zero-order valence-electron chi connectivity index (χ0n) is 16.5. The van der Waals surface area contributed by atoms with Gasteiger partial charge in [0, 0.05) is 18.2 Å². The molecule has 0 aliphatic heterocycles. The molecule has 7 heteroatoms. The molecule has 3 aromatic rings. The summed E-state index contributed by atoms with van der Waals surface area (Å²) in [4.78, 5) is 29.8. The summed E-state index contributed by atoms with van der Waals surface area (Å²) in [6.07, 6.45) is 5.09. The number of hydrogen-bond donors (Lipinski definition) is 2. The van der Waals surface area contributed by atoms with E-state index < -0.39 is 0 Å². The molecule has 2 amide bonds. The van der Waals surface area contributed by atoms with Crippen molar-refractivity contribution >= 4 is 22.8 Å². The number of carbonyl (C=O) groups excluding carboxylic acids is 2. The van der Waals surface area contributed by atoms with Gasteiger partial charge in [0.25, 0.3) is 5.91 Å². The number of rotatable bonds is 5. The van der Waals surface area contributed by atoms with Gasteiger partial charge in [-0.05, 0) is 25.8 Å². The third-order valence-corrected chi connectivity index (χ3v) is 5.67. The van der Waals surface area contributed by atoms with Crippen molar-refractivity contribution in [1.82, 2.24) is 20.1 Å². The van der Waals surface area contributed by atoms with Crippen LogP contribution in [0.15, 0.2) is 42.6 Å². The van der Waals surface area contributed by atoms with Crippen LogP contribution in [0.1, 0.15) is 43.0 Å². The van der Waals surface area contributed by atoms with E-state index in [2.05, 4.69) is 10.4 Å². The van der Waals surface area contributed by atoms with E-state index in [9.17, 15) is 9.59 Å². The van der Waals surface area contributed by atoms with Crippen LogP contribution in [0.3, 0.4) is 0 Å². The van der Waals surface area contributed by atoms with Gasteiger partial charge in [0.05, 0.1) is 28.8 Å². The predicted octanol–water partition coefficient (Wildman–Crippen LogP) is 2.89. The minimum atomic E-state index is -0.348. The molecular formula is C22H25N5O2. The van der Waals surface area contributed by atoms with E-state index in [1.54, 1.807) is 16.9 Å². The van der Waals surface area contributed by atoms with Gasteiger partial charge in [0.2, 0.25) is 5.91 Å². The average Bonchev–Trinajstić information content (AvgIpc) is 3.17. The van der Waals surface area contributed by atoms with Gasteiger partial charge < -0.3 is 11.1 Å². The molecule has 4 rings (SSSR count). The van der Waals surface area contributed by atoms with Gasteiger partial charge in [0.1, 0.15) is 0 Å². The Bertz CT molecular complexity index is 1040. The molecule has 29 heavy (non-hydrogen) atoms. The molecule has 0 saturated heterocycles. The Morgan fingerprint density at radius 2 is 1.97 bits per heavy atom. The van der Waals surface area contributed by atoms with E-state index in [1.807, 2.05) is 37.3 Å². The van der Waals surface area contributed by atoms with Gasteiger partial charge >= 0.3 is 0 Å². The summed E-state index contributed by atoms with van der Waals surface area (Å²) in [5, 5.41) is 8.15. The standard InChI is InChI=1S/C22H25N5O2/c1-2-27-21-17(13-24-27)16(12-19(25-21)14-8-4-3-5-9-14)22(29)26-18-11-7-6-10-15(18)20(23)28/h3-5,8-9,12-13,15,18H,2,6-7,10-11H2,1H3,(H2,23,28)(H,26,29). The van der Waals surface area contributed by atoms with Gasteiger partial charge in [-0.15, -0.1) is 0 Å². The maximum absolute atomic E-state index is 13.2. The summed E-state index contributed by atoms with van der Waals surface area (Å²) in [6, 6.07) is 11.3. The fourth-order valence-corrected chi connectivity index (χ4v) is 4.11. The average molecular weight is 391 g/mol. The van der Waals surface area contributed by atoms with Crippen LogP contribution >= 0.6 is 0 Å². The van der Waals surface area contributed by atoms with E-state index in [1.165, 1.54) is 0 Å². The SMILES string of the molecule is CCn1ncc2c(C(=O)NC3CCCCC3C(N)=O)cc(-c3ccccc3)nc21. The van der Waals surface area contributed by atoms with Crippen molar-refractivity contribution < 1.29 is 9.59 Å². The maximum atomic E-state index is 13.2. The molecule has 1 aromatic carbocycles. The van der Waals surface area contributed by atoms with E-state index in [0.29, 0.717) is 28.8 Å². The van der Waals surface area contributed by atoms with Crippen LogP contribution in [-0.2, 0) is 11.3 Å². The first-order valence-electron chi connectivity index (χ1n) is 10.1. The van der Waals surface area contributed by atoms with Crippen LogP contribution in [0.25, 0.3) is 22.3 Å². The molecule has 2 atom stereocenters. The Morgan fingerprint density at radius 1 is 1.21 bits per heavy atom. The Kier molecular flexibility index (Phi) is 5.29.